The van der Waals surface area contributed by atoms with Crippen LogP contribution in [0, 0.1) is 5.92 Å². The lowest BCUT2D eigenvalue weighted by molar-refractivity contribution is 0.355. The number of nitrogens with zero attached hydrogens (tertiary/aromatic N) is 3. The van der Waals surface area contributed by atoms with E-state index in [1.54, 1.807) is 6.33 Å². The third-order valence-corrected chi connectivity index (χ3v) is 3.08. The SMILES string of the molecule is CCC(C)C(Cc1ncnn1C(C)C)NN. The second kappa shape index (κ2) is 5.96. The van der Waals surface area contributed by atoms with Crippen LogP contribution >= 0.6 is 0 Å². The second-order valence-electron chi connectivity index (χ2n) is 4.58. The van der Waals surface area contributed by atoms with E-state index in [-0.39, 0.29) is 6.04 Å². The zero-order valence-corrected chi connectivity index (χ0v) is 10.6. The first-order valence-corrected chi connectivity index (χ1v) is 5.94. The summed E-state index contributed by atoms with van der Waals surface area (Å²) in [4.78, 5) is 4.30. The van der Waals surface area contributed by atoms with Gasteiger partial charge in [-0.3, -0.25) is 11.3 Å². The number of hydrazine groups is 1. The molecule has 0 bridgehead atoms. The van der Waals surface area contributed by atoms with Crippen LogP contribution in [-0.2, 0) is 6.42 Å². The normalized spacial score (nSPS) is 15.4. The molecule has 0 aliphatic rings. The first-order chi connectivity index (χ1) is 7.60. The number of rotatable bonds is 6. The molecule has 0 aromatic carbocycles. The number of nitrogens with two attached hydrogens (primary N) is 1. The van der Waals surface area contributed by atoms with Gasteiger partial charge in [-0.1, -0.05) is 20.3 Å². The van der Waals surface area contributed by atoms with E-state index in [0.29, 0.717) is 12.0 Å². The molecule has 5 nitrogen and oxygen atoms in total. The minimum absolute atomic E-state index is 0.256. The summed E-state index contributed by atoms with van der Waals surface area (Å²) in [5.41, 5.74) is 2.88. The van der Waals surface area contributed by atoms with Crippen molar-refractivity contribution in [3.8, 4) is 0 Å². The van der Waals surface area contributed by atoms with Gasteiger partial charge in [0.05, 0.1) is 0 Å². The van der Waals surface area contributed by atoms with Crippen LogP contribution in [-0.4, -0.2) is 20.8 Å². The highest BCUT2D eigenvalue weighted by Crippen LogP contribution is 2.13. The first-order valence-electron chi connectivity index (χ1n) is 5.94. The van der Waals surface area contributed by atoms with Crippen molar-refractivity contribution in [3.05, 3.63) is 12.2 Å². The van der Waals surface area contributed by atoms with Gasteiger partial charge in [0, 0.05) is 18.5 Å². The third kappa shape index (κ3) is 3.02. The van der Waals surface area contributed by atoms with Gasteiger partial charge in [0.25, 0.3) is 0 Å². The third-order valence-electron chi connectivity index (χ3n) is 3.08. The number of hydrogen-bond acceptors (Lipinski definition) is 4. The molecule has 0 fully saturated rings. The zero-order chi connectivity index (χ0) is 12.1. The van der Waals surface area contributed by atoms with Gasteiger partial charge < -0.3 is 0 Å². The Morgan fingerprint density at radius 2 is 2.12 bits per heavy atom. The van der Waals surface area contributed by atoms with Crippen LogP contribution < -0.4 is 11.3 Å². The maximum Gasteiger partial charge on any atom is 0.138 e. The fraction of sp³-hybridized carbons (Fsp3) is 0.818. The van der Waals surface area contributed by atoms with Crippen LogP contribution in [0.5, 0.6) is 0 Å². The predicted molar refractivity (Wildman–Crippen MR) is 64.7 cm³/mol. The topological polar surface area (TPSA) is 68.8 Å². The summed E-state index contributed by atoms with van der Waals surface area (Å²) in [6, 6.07) is 0.597. The summed E-state index contributed by atoms with van der Waals surface area (Å²) in [6.07, 6.45) is 3.54. The Bertz CT molecular complexity index is 307. The molecule has 1 heterocycles. The Balaban J connectivity index is 2.74. The molecular weight excluding hydrogens is 202 g/mol. The molecule has 0 amide bonds. The van der Waals surface area contributed by atoms with Gasteiger partial charge in [-0.25, -0.2) is 9.67 Å². The molecule has 0 saturated heterocycles. The number of nitrogens with one attached hydrogen (secondary N) is 1. The number of aromatic nitrogens is 3. The summed E-state index contributed by atoms with van der Waals surface area (Å²) < 4.78 is 1.95. The minimum atomic E-state index is 0.256. The Morgan fingerprint density at radius 3 is 2.62 bits per heavy atom. The molecule has 1 aromatic heterocycles. The van der Waals surface area contributed by atoms with Crippen molar-refractivity contribution in [2.24, 2.45) is 11.8 Å². The highest BCUT2D eigenvalue weighted by atomic mass is 15.3. The molecule has 16 heavy (non-hydrogen) atoms. The fourth-order valence-corrected chi connectivity index (χ4v) is 1.76. The first kappa shape index (κ1) is 13.1. The van der Waals surface area contributed by atoms with E-state index in [1.807, 2.05) is 4.68 Å². The Morgan fingerprint density at radius 1 is 1.44 bits per heavy atom. The largest absolute Gasteiger partial charge is 0.271 e. The second-order valence-corrected chi connectivity index (χ2v) is 4.58. The van der Waals surface area contributed by atoms with E-state index in [1.165, 1.54) is 0 Å². The molecule has 2 atom stereocenters. The molecule has 0 radical (unpaired) electrons. The summed E-state index contributed by atoms with van der Waals surface area (Å²) in [5.74, 6) is 7.11. The van der Waals surface area contributed by atoms with Crippen molar-refractivity contribution in [3.63, 3.8) is 0 Å². The van der Waals surface area contributed by atoms with Crippen molar-refractivity contribution >= 4 is 0 Å². The van der Waals surface area contributed by atoms with Crippen LogP contribution in [0.1, 0.15) is 46.0 Å². The summed E-state index contributed by atoms with van der Waals surface area (Å²) in [7, 11) is 0. The lowest BCUT2D eigenvalue weighted by Gasteiger charge is -2.22. The fourth-order valence-electron chi connectivity index (χ4n) is 1.76. The Hall–Kier alpha value is -0.940. The van der Waals surface area contributed by atoms with Crippen molar-refractivity contribution < 1.29 is 0 Å². The lowest BCUT2D eigenvalue weighted by Crippen LogP contribution is -2.42. The highest BCUT2D eigenvalue weighted by molar-refractivity contribution is 4.92. The molecule has 2 unspecified atom stereocenters. The molecule has 5 heteroatoms. The average Bonchev–Trinajstić information content (AvgIpc) is 2.72. The van der Waals surface area contributed by atoms with E-state index >= 15 is 0 Å². The molecule has 0 aliphatic heterocycles. The standard InChI is InChI=1S/C11H23N5/c1-5-9(4)10(15-12)6-11-13-7-14-16(11)8(2)3/h7-10,15H,5-6,12H2,1-4H3. The number of hydrogen-bond donors (Lipinski definition) is 2. The molecular formula is C11H23N5. The van der Waals surface area contributed by atoms with Gasteiger partial charge in [-0.2, -0.15) is 5.10 Å². The van der Waals surface area contributed by atoms with Crippen LogP contribution in [0.15, 0.2) is 6.33 Å². The van der Waals surface area contributed by atoms with Gasteiger partial charge in [0.15, 0.2) is 0 Å². The summed E-state index contributed by atoms with van der Waals surface area (Å²) in [5, 5.41) is 4.23. The Kier molecular flexibility index (Phi) is 4.89. The van der Waals surface area contributed by atoms with Crippen LogP contribution in [0.3, 0.4) is 0 Å². The monoisotopic (exact) mass is 225 g/mol. The van der Waals surface area contributed by atoms with Gasteiger partial charge in [0.1, 0.15) is 12.2 Å². The van der Waals surface area contributed by atoms with Gasteiger partial charge >= 0.3 is 0 Å². The minimum Gasteiger partial charge on any atom is -0.271 e. The van der Waals surface area contributed by atoms with Crippen LogP contribution in [0.2, 0.25) is 0 Å². The lowest BCUT2D eigenvalue weighted by atomic mass is 9.96. The predicted octanol–water partition coefficient (Wildman–Crippen LogP) is 1.28. The summed E-state index contributed by atoms with van der Waals surface area (Å²) >= 11 is 0. The summed E-state index contributed by atoms with van der Waals surface area (Å²) in [6.45, 7) is 8.57. The highest BCUT2D eigenvalue weighted by Gasteiger charge is 2.18. The van der Waals surface area contributed by atoms with E-state index in [4.69, 9.17) is 5.84 Å². The van der Waals surface area contributed by atoms with Gasteiger partial charge in [-0.15, -0.1) is 0 Å². The van der Waals surface area contributed by atoms with Gasteiger partial charge in [0.2, 0.25) is 0 Å². The molecule has 3 N–H and O–H groups in total. The average molecular weight is 225 g/mol. The molecule has 0 saturated carbocycles. The van der Waals surface area contributed by atoms with Crippen LogP contribution in [0.25, 0.3) is 0 Å². The van der Waals surface area contributed by atoms with Crippen LogP contribution in [0.4, 0.5) is 0 Å². The molecule has 1 rings (SSSR count). The maximum atomic E-state index is 5.58. The molecule has 92 valence electrons. The smallest absolute Gasteiger partial charge is 0.138 e. The van der Waals surface area contributed by atoms with E-state index in [2.05, 4.69) is 43.2 Å². The molecule has 1 aromatic rings. The van der Waals surface area contributed by atoms with E-state index < -0.39 is 0 Å². The Labute approximate surface area is 97.4 Å². The molecule has 0 aliphatic carbocycles. The quantitative estimate of drug-likeness (QED) is 0.565. The van der Waals surface area contributed by atoms with Crippen molar-refractivity contribution in [2.45, 2.75) is 52.6 Å². The maximum absolute atomic E-state index is 5.58. The van der Waals surface area contributed by atoms with Gasteiger partial charge in [-0.05, 0) is 19.8 Å². The van der Waals surface area contributed by atoms with E-state index in [9.17, 15) is 0 Å². The van der Waals surface area contributed by atoms with E-state index in [0.717, 1.165) is 18.7 Å². The van der Waals surface area contributed by atoms with Crippen molar-refractivity contribution in [1.82, 2.24) is 20.2 Å². The van der Waals surface area contributed by atoms with Crippen molar-refractivity contribution in [1.29, 1.82) is 0 Å². The molecule has 0 spiro atoms. The zero-order valence-electron chi connectivity index (χ0n) is 10.6. The van der Waals surface area contributed by atoms with Crippen molar-refractivity contribution in [2.75, 3.05) is 0 Å².